The van der Waals surface area contributed by atoms with Crippen LogP contribution >= 0.6 is 0 Å². The highest BCUT2D eigenvalue weighted by Crippen LogP contribution is 2.23. The number of nitrogens with one attached hydrogen (secondary N) is 1. The molecule has 1 aliphatic carbocycles. The van der Waals surface area contributed by atoms with Gasteiger partial charge in [-0.25, -0.2) is 16.8 Å². The minimum Gasteiger partial charge on any atom is -0.497 e. The molecule has 1 fully saturated rings. The molecule has 0 radical (unpaired) electrons. The van der Waals surface area contributed by atoms with Crippen LogP contribution in [0, 0.1) is 5.92 Å². The van der Waals surface area contributed by atoms with Crippen LogP contribution < -0.4 is 9.57 Å². The van der Waals surface area contributed by atoms with E-state index in [0.717, 1.165) is 42.5 Å². The topological polar surface area (TPSA) is 139 Å². The molecule has 0 saturated heterocycles. The van der Waals surface area contributed by atoms with Crippen molar-refractivity contribution in [2.45, 2.75) is 62.2 Å². The molecule has 0 bridgehead atoms. The van der Waals surface area contributed by atoms with Gasteiger partial charge in [0.05, 0.1) is 48.5 Å². The van der Waals surface area contributed by atoms with Gasteiger partial charge in [-0.2, -0.15) is 0 Å². The number of methoxy groups -OCH3 is 1. The molecule has 2 aromatic rings. The fourth-order valence-corrected chi connectivity index (χ4v) is 6.77. The van der Waals surface area contributed by atoms with E-state index in [0.29, 0.717) is 5.75 Å². The number of aliphatic hydroxyl groups is 1. The molecule has 2 aromatic carbocycles. The summed E-state index contributed by atoms with van der Waals surface area (Å²) in [7, 11) is -6.41. The fourth-order valence-electron chi connectivity index (χ4n) is 4.63. The second-order valence-electron chi connectivity index (χ2n) is 10.0. The number of sulfone groups is 1. The number of nitrogens with zero attached hydrogens (tertiary/aromatic N) is 1. The van der Waals surface area contributed by atoms with E-state index in [-0.39, 0.29) is 24.0 Å². The quantitative estimate of drug-likeness (QED) is 0.324. The zero-order valence-corrected chi connectivity index (χ0v) is 24.2. The summed E-state index contributed by atoms with van der Waals surface area (Å²) >= 11 is 0. The zero-order chi connectivity index (χ0) is 28.6. The molecular weight excluding hydrogens is 544 g/mol. The molecule has 3 atom stereocenters. The Morgan fingerprint density at radius 3 is 2.23 bits per heavy atom. The van der Waals surface area contributed by atoms with Crippen molar-refractivity contribution in [3.63, 3.8) is 0 Å². The van der Waals surface area contributed by atoms with Crippen LogP contribution in [0.15, 0.2) is 59.5 Å². The predicted molar refractivity (Wildman–Crippen MR) is 147 cm³/mol. The van der Waals surface area contributed by atoms with Gasteiger partial charge in [0.2, 0.25) is 5.91 Å². The van der Waals surface area contributed by atoms with Crippen LogP contribution in [-0.4, -0.2) is 76.8 Å². The Hall–Kier alpha value is -2.51. The summed E-state index contributed by atoms with van der Waals surface area (Å²) in [5.41, 5.74) is 0.750. The number of carbonyl (C=O) groups is 1. The maximum atomic E-state index is 13.7. The highest BCUT2D eigenvalue weighted by molar-refractivity contribution is 7.90. The highest BCUT2D eigenvalue weighted by atomic mass is 32.2. The zero-order valence-electron chi connectivity index (χ0n) is 22.5. The third-order valence-corrected chi connectivity index (χ3v) is 9.10. The minimum absolute atomic E-state index is 0.0127. The molecule has 2 N–H and O–H groups in total. The largest absolute Gasteiger partial charge is 0.497 e. The number of benzene rings is 2. The maximum Gasteiger partial charge on any atom is 0.257 e. The van der Waals surface area contributed by atoms with E-state index in [4.69, 9.17) is 9.47 Å². The summed E-state index contributed by atoms with van der Waals surface area (Å²) in [4.78, 5) is 15.9. The van der Waals surface area contributed by atoms with Gasteiger partial charge < -0.3 is 14.6 Å². The van der Waals surface area contributed by atoms with Crippen molar-refractivity contribution in [3.8, 4) is 5.75 Å². The Morgan fingerprint density at radius 1 is 1.05 bits per heavy atom. The number of carbonyl (C=O) groups excluding carboxylic acids is 1. The average molecular weight is 583 g/mol. The van der Waals surface area contributed by atoms with E-state index < -0.39 is 49.6 Å². The molecule has 12 heteroatoms. The van der Waals surface area contributed by atoms with Crippen molar-refractivity contribution in [2.24, 2.45) is 5.92 Å². The summed E-state index contributed by atoms with van der Waals surface area (Å²) in [5, 5.41) is 12.2. The van der Waals surface area contributed by atoms with Gasteiger partial charge in [-0.15, -0.1) is 4.83 Å². The number of hydrazine groups is 1. The van der Waals surface area contributed by atoms with Gasteiger partial charge in [0.25, 0.3) is 10.0 Å². The normalized spacial score (nSPS) is 16.9. The first-order chi connectivity index (χ1) is 18.4. The molecule has 39 heavy (non-hydrogen) atoms. The standard InChI is InChI=1S/C27H38N2O8S2/c1-20(19-38(3,32)33)27(31)29(28-39(34,35)24-15-13-22(36-2)14-16-24)25(17-21-9-5-4-6-10-21)26(30)18-37-23-11-7-8-12-23/h4-6,9-10,13-16,20,23,25-26,28,30H,7-8,11-12,17-19H2,1-3H3/t20?,25-,26-/m0/s1. The molecular formula is C27H38N2O8S2. The lowest BCUT2D eigenvalue weighted by Gasteiger charge is -2.36. The Labute approximate surface area is 231 Å². The first-order valence-electron chi connectivity index (χ1n) is 12.9. The van der Waals surface area contributed by atoms with Crippen molar-refractivity contribution in [1.82, 2.24) is 9.84 Å². The smallest absolute Gasteiger partial charge is 0.257 e. The van der Waals surface area contributed by atoms with Crippen molar-refractivity contribution in [3.05, 3.63) is 60.2 Å². The molecule has 10 nitrogen and oxygen atoms in total. The van der Waals surface area contributed by atoms with E-state index in [2.05, 4.69) is 4.83 Å². The summed E-state index contributed by atoms with van der Waals surface area (Å²) < 4.78 is 61.8. The number of ether oxygens (including phenoxy) is 2. The Morgan fingerprint density at radius 2 is 1.67 bits per heavy atom. The van der Waals surface area contributed by atoms with Crippen LogP contribution in [0.1, 0.15) is 38.2 Å². The number of sulfonamides is 1. The van der Waals surface area contributed by atoms with Crippen LogP contribution in [0.3, 0.4) is 0 Å². The second-order valence-corrected chi connectivity index (χ2v) is 13.9. The van der Waals surface area contributed by atoms with E-state index in [1.54, 1.807) is 24.3 Å². The van der Waals surface area contributed by atoms with Crippen LogP contribution in [0.25, 0.3) is 0 Å². The van der Waals surface area contributed by atoms with Gasteiger partial charge in [-0.05, 0) is 49.1 Å². The van der Waals surface area contributed by atoms with Crippen LogP contribution in [0.2, 0.25) is 0 Å². The number of hydrogen-bond acceptors (Lipinski definition) is 8. The van der Waals surface area contributed by atoms with E-state index in [1.807, 2.05) is 6.07 Å². The third-order valence-electron chi connectivity index (χ3n) is 6.67. The molecule has 1 unspecified atom stereocenters. The molecule has 0 heterocycles. The lowest BCUT2D eigenvalue weighted by molar-refractivity contribution is -0.143. The summed E-state index contributed by atoms with van der Waals surface area (Å²) in [6.45, 7) is 1.30. The fraction of sp³-hybridized carbons (Fsp3) is 0.519. The van der Waals surface area contributed by atoms with Gasteiger partial charge >= 0.3 is 0 Å². The van der Waals surface area contributed by atoms with Crippen LogP contribution in [0.5, 0.6) is 5.75 Å². The van der Waals surface area contributed by atoms with Crippen LogP contribution in [0.4, 0.5) is 0 Å². The lowest BCUT2D eigenvalue weighted by Crippen LogP contribution is -2.59. The van der Waals surface area contributed by atoms with Gasteiger partial charge in [-0.3, -0.25) is 9.80 Å². The molecule has 216 valence electrons. The Kier molecular flexibility index (Phi) is 10.9. The van der Waals surface area contributed by atoms with Crippen molar-refractivity contribution in [1.29, 1.82) is 0 Å². The number of hydrogen-bond donors (Lipinski definition) is 2. The van der Waals surface area contributed by atoms with Crippen molar-refractivity contribution >= 4 is 25.8 Å². The number of aliphatic hydroxyl groups excluding tert-OH is 1. The van der Waals surface area contributed by atoms with Crippen molar-refractivity contribution in [2.75, 3.05) is 25.7 Å². The molecule has 0 aromatic heterocycles. The molecule has 1 saturated carbocycles. The van der Waals surface area contributed by atoms with Gasteiger partial charge in [0.1, 0.15) is 15.6 Å². The third kappa shape index (κ3) is 9.28. The SMILES string of the molecule is COc1ccc(S(=O)(=O)NN(C(=O)C(C)CS(C)(=O)=O)[C@@H](Cc2ccccc2)[C@@H](O)COC2CCCC2)cc1. The van der Waals surface area contributed by atoms with Gasteiger partial charge in [-0.1, -0.05) is 50.1 Å². The van der Waals surface area contributed by atoms with E-state index >= 15 is 0 Å². The second kappa shape index (κ2) is 13.7. The number of amides is 1. The Balaban J connectivity index is 1.98. The maximum absolute atomic E-state index is 13.7. The Bertz CT molecular complexity index is 1280. The lowest BCUT2D eigenvalue weighted by atomic mass is 10.00. The molecule has 1 amide bonds. The monoisotopic (exact) mass is 582 g/mol. The predicted octanol–water partition coefficient (Wildman–Crippen LogP) is 2.33. The van der Waals surface area contributed by atoms with Gasteiger partial charge in [0, 0.05) is 6.26 Å². The minimum atomic E-state index is -4.31. The first kappa shape index (κ1) is 31.0. The van der Waals surface area contributed by atoms with Gasteiger partial charge in [0.15, 0.2) is 0 Å². The summed E-state index contributed by atoms with van der Waals surface area (Å²) in [6, 6.07) is 13.5. The molecule has 3 rings (SSSR count). The van der Waals surface area contributed by atoms with Crippen molar-refractivity contribution < 1.29 is 36.2 Å². The van der Waals surface area contributed by atoms with E-state index in [1.165, 1.54) is 38.3 Å². The molecule has 0 spiro atoms. The summed E-state index contributed by atoms with van der Waals surface area (Å²) in [5.74, 6) is -1.90. The highest BCUT2D eigenvalue weighted by Gasteiger charge is 2.37. The molecule has 0 aliphatic heterocycles. The average Bonchev–Trinajstić information content (AvgIpc) is 3.42. The first-order valence-corrected chi connectivity index (χ1v) is 16.4. The molecule has 1 aliphatic rings. The number of rotatable bonds is 14. The van der Waals surface area contributed by atoms with Crippen LogP contribution in [-0.2, 0) is 35.8 Å². The summed E-state index contributed by atoms with van der Waals surface area (Å²) in [6.07, 6.45) is 3.63. The van der Waals surface area contributed by atoms with E-state index in [9.17, 15) is 26.7 Å².